The molecule has 0 aromatic carbocycles. The van der Waals surface area contributed by atoms with E-state index in [-0.39, 0.29) is 6.61 Å². The molecule has 0 amide bonds. The Kier molecular flexibility index (Phi) is 9.49. The smallest absolute Gasteiger partial charge is 0.330 e. The van der Waals surface area contributed by atoms with E-state index in [0.717, 1.165) is 19.3 Å². The van der Waals surface area contributed by atoms with E-state index < -0.39 is 31.2 Å². The number of ether oxygens (including phenoxy) is 2. The molecule has 6 nitrogen and oxygen atoms in total. The first-order valence-corrected chi connectivity index (χ1v) is 5.83. The number of carbonyl (C=O) groups excluding carboxylic acids is 1. The predicted octanol–water partition coefficient (Wildman–Crippen LogP) is -0.524. The maximum atomic E-state index is 10.6. The van der Waals surface area contributed by atoms with E-state index >= 15 is 0 Å². The van der Waals surface area contributed by atoms with E-state index in [1.807, 2.05) is 0 Å². The minimum absolute atomic E-state index is 0.235. The largest absolute Gasteiger partial charge is 0.462 e. The van der Waals surface area contributed by atoms with Gasteiger partial charge in [-0.05, 0) is 12.8 Å². The number of rotatable bonds is 6. The summed E-state index contributed by atoms with van der Waals surface area (Å²) in [7, 11) is 0. The number of carbonyl (C=O) groups is 1. The summed E-state index contributed by atoms with van der Waals surface area (Å²) in [4.78, 5) is 10.6. The highest BCUT2D eigenvalue weighted by Gasteiger charge is 2.29. The second kappa shape index (κ2) is 10.0. The van der Waals surface area contributed by atoms with E-state index in [0.29, 0.717) is 0 Å². The van der Waals surface area contributed by atoms with Gasteiger partial charge in [-0.3, -0.25) is 0 Å². The van der Waals surface area contributed by atoms with E-state index in [1.54, 1.807) is 0 Å². The molecule has 1 saturated heterocycles. The molecule has 0 aromatic rings. The highest BCUT2D eigenvalue weighted by Crippen LogP contribution is 2.14. The highest BCUT2D eigenvalue weighted by molar-refractivity contribution is 5.81. The fraction of sp³-hybridized carbons (Fsp3) is 0.750. The Morgan fingerprint density at radius 2 is 1.72 bits per heavy atom. The Morgan fingerprint density at radius 1 is 1.22 bits per heavy atom. The maximum absolute atomic E-state index is 10.6. The van der Waals surface area contributed by atoms with Crippen molar-refractivity contribution >= 4 is 5.97 Å². The minimum atomic E-state index is -1.17. The van der Waals surface area contributed by atoms with Crippen molar-refractivity contribution in [1.29, 1.82) is 0 Å². The molecule has 6 heteroatoms. The van der Waals surface area contributed by atoms with E-state index in [1.165, 1.54) is 12.8 Å². The van der Waals surface area contributed by atoms with Gasteiger partial charge in [-0.25, -0.2) is 4.79 Å². The van der Waals surface area contributed by atoms with Crippen LogP contribution in [0.5, 0.6) is 0 Å². The molecule has 1 fully saturated rings. The van der Waals surface area contributed by atoms with Crippen LogP contribution >= 0.6 is 0 Å². The van der Waals surface area contributed by atoms with Gasteiger partial charge in [0.25, 0.3) is 0 Å². The molecule has 1 rings (SSSR count). The van der Waals surface area contributed by atoms with Crippen LogP contribution in [-0.4, -0.2) is 60.9 Å². The van der Waals surface area contributed by atoms with Gasteiger partial charge in [0.05, 0.1) is 25.2 Å². The fourth-order valence-corrected chi connectivity index (χ4v) is 1.08. The lowest BCUT2D eigenvalue weighted by atomic mass is 9.93. The molecule has 0 saturated carbocycles. The van der Waals surface area contributed by atoms with Crippen LogP contribution in [0.2, 0.25) is 0 Å². The van der Waals surface area contributed by atoms with Crippen molar-refractivity contribution in [2.75, 3.05) is 39.6 Å². The van der Waals surface area contributed by atoms with Crippen LogP contribution in [-0.2, 0) is 14.3 Å². The number of hydrogen-bond donors (Lipinski definition) is 3. The first-order chi connectivity index (χ1) is 8.64. The Bertz CT molecular complexity index is 217. The van der Waals surface area contributed by atoms with Gasteiger partial charge in [-0.1, -0.05) is 6.58 Å². The van der Waals surface area contributed by atoms with Crippen LogP contribution in [0.15, 0.2) is 12.7 Å². The number of aliphatic hydroxyl groups excluding tert-OH is 3. The van der Waals surface area contributed by atoms with Crippen LogP contribution in [0.3, 0.4) is 0 Å². The highest BCUT2D eigenvalue weighted by atomic mass is 16.5. The van der Waals surface area contributed by atoms with Crippen LogP contribution < -0.4 is 0 Å². The molecule has 106 valence electrons. The van der Waals surface area contributed by atoms with Crippen molar-refractivity contribution in [3.8, 4) is 0 Å². The molecule has 1 aliphatic heterocycles. The molecule has 18 heavy (non-hydrogen) atoms. The summed E-state index contributed by atoms with van der Waals surface area (Å²) < 4.78 is 9.54. The van der Waals surface area contributed by atoms with Crippen LogP contribution in [0, 0.1) is 5.41 Å². The molecule has 0 radical (unpaired) electrons. The second-order valence-corrected chi connectivity index (χ2v) is 4.11. The van der Waals surface area contributed by atoms with Crippen molar-refractivity contribution in [2.45, 2.75) is 12.8 Å². The van der Waals surface area contributed by atoms with Gasteiger partial charge in [0.2, 0.25) is 0 Å². The van der Waals surface area contributed by atoms with E-state index in [9.17, 15) is 4.79 Å². The molecule has 1 aliphatic rings. The minimum Gasteiger partial charge on any atom is -0.462 e. The van der Waals surface area contributed by atoms with Crippen molar-refractivity contribution < 1.29 is 29.6 Å². The van der Waals surface area contributed by atoms with Crippen molar-refractivity contribution in [2.24, 2.45) is 5.41 Å². The standard InChI is InChI=1S/C8H14O5.C4H8O/c1-2-7(12)13-6-8(3-9,4-10)5-11;1-2-4-5-3-1/h2,9-11H,1,3-6H2;1-4H2. The summed E-state index contributed by atoms with van der Waals surface area (Å²) in [6.07, 6.45) is 3.52. The lowest BCUT2D eigenvalue weighted by Gasteiger charge is -2.26. The fourth-order valence-electron chi connectivity index (χ4n) is 1.08. The Labute approximate surface area is 107 Å². The topological polar surface area (TPSA) is 96.2 Å². The average Bonchev–Trinajstić information content (AvgIpc) is 3.00. The molecule has 0 unspecified atom stereocenters. The summed E-state index contributed by atoms with van der Waals surface area (Å²) in [6.45, 7) is 3.58. The molecule has 1 heterocycles. The quantitative estimate of drug-likeness (QED) is 0.440. The van der Waals surface area contributed by atoms with Crippen LogP contribution in [0.4, 0.5) is 0 Å². The molecule has 0 spiro atoms. The third kappa shape index (κ3) is 6.70. The van der Waals surface area contributed by atoms with Crippen molar-refractivity contribution in [1.82, 2.24) is 0 Å². The molecule has 0 aliphatic carbocycles. The third-order valence-electron chi connectivity index (χ3n) is 2.52. The second-order valence-electron chi connectivity index (χ2n) is 4.11. The Hall–Kier alpha value is -0.950. The summed E-state index contributed by atoms with van der Waals surface area (Å²) in [6, 6.07) is 0. The van der Waals surface area contributed by atoms with E-state index in [4.69, 9.17) is 20.1 Å². The van der Waals surface area contributed by atoms with Crippen molar-refractivity contribution in [3.63, 3.8) is 0 Å². The number of esters is 1. The number of aliphatic hydroxyl groups is 3. The zero-order chi connectivity index (χ0) is 13.9. The molecule has 0 bridgehead atoms. The molecular formula is C12H22O6. The molecule has 0 aromatic heterocycles. The number of hydrogen-bond acceptors (Lipinski definition) is 6. The summed E-state index contributed by atoms with van der Waals surface area (Å²) in [5.41, 5.74) is -1.17. The maximum Gasteiger partial charge on any atom is 0.330 e. The van der Waals surface area contributed by atoms with Gasteiger partial charge in [0.15, 0.2) is 0 Å². The SMILES string of the molecule is C1CCOC1.C=CC(=O)OCC(CO)(CO)CO. The van der Waals surface area contributed by atoms with Gasteiger partial charge in [0.1, 0.15) is 6.61 Å². The first-order valence-electron chi connectivity index (χ1n) is 5.83. The van der Waals surface area contributed by atoms with Crippen LogP contribution in [0.1, 0.15) is 12.8 Å². The monoisotopic (exact) mass is 262 g/mol. The van der Waals surface area contributed by atoms with Crippen molar-refractivity contribution in [3.05, 3.63) is 12.7 Å². The molecule has 0 atom stereocenters. The molecular weight excluding hydrogens is 240 g/mol. The first kappa shape index (κ1) is 17.1. The summed E-state index contributed by atoms with van der Waals surface area (Å²) in [5.74, 6) is -0.653. The van der Waals surface area contributed by atoms with E-state index in [2.05, 4.69) is 11.3 Å². The third-order valence-corrected chi connectivity index (χ3v) is 2.52. The average molecular weight is 262 g/mol. The normalized spacial score (nSPS) is 14.6. The lowest BCUT2D eigenvalue weighted by Crippen LogP contribution is -2.39. The Morgan fingerprint density at radius 3 is 2.00 bits per heavy atom. The predicted molar refractivity (Wildman–Crippen MR) is 64.9 cm³/mol. The zero-order valence-electron chi connectivity index (χ0n) is 10.5. The van der Waals surface area contributed by atoms with Crippen LogP contribution in [0.25, 0.3) is 0 Å². The Balaban J connectivity index is 0.000000473. The van der Waals surface area contributed by atoms with Gasteiger partial charge >= 0.3 is 5.97 Å². The summed E-state index contributed by atoms with van der Waals surface area (Å²) >= 11 is 0. The zero-order valence-corrected chi connectivity index (χ0v) is 10.5. The van der Waals surface area contributed by atoms with Gasteiger partial charge in [-0.2, -0.15) is 0 Å². The van der Waals surface area contributed by atoms with Gasteiger partial charge in [0, 0.05) is 19.3 Å². The van der Waals surface area contributed by atoms with Gasteiger partial charge < -0.3 is 24.8 Å². The van der Waals surface area contributed by atoms with Gasteiger partial charge in [-0.15, -0.1) is 0 Å². The lowest BCUT2D eigenvalue weighted by molar-refractivity contribution is -0.145. The molecule has 3 N–H and O–H groups in total. The summed E-state index contributed by atoms with van der Waals surface area (Å²) in [5, 5.41) is 26.5.